The van der Waals surface area contributed by atoms with Crippen molar-refractivity contribution in [3.63, 3.8) is 0 Å². The first-order chi connectivity index (χ1) is 5.55. The van der Waals surface area contributed by atoms with Gasteiger partial charge in [0.2, 0.25) is 0 Å². The summed E-state index contributed by atoms with van der Waals surface area (Å²) in [4.78, 5) is 2.25. The second-order valence-electron chi connectivity index (χ2n) is 3.45. The Balaban J connectivity index is 2.46. The molecule has 1 heterocycles. The van der Waals surface area contributed by atoms with Crippen LogP contribution in [0.4, 0.5) is 0 Å². The van der Waals surface area contributed by atoms with E-state index in [1.807, 2.05) is 0 Å². The maximum Gasteiger partial charge on any atom is 0.152 e. The minimum atomic E-state index is -2.70. The second kappa shape index (κ2) is 3.75. The zero-order chi connectivity index (χ0) is 9.19. The van der Waals surface area contributed by atoms with E-state index in [2.05, 4.69) is 18.7 Å². The molecule has 1 saturated heterocycles. The summed E-state index contributed by atoms with van der Waals surface area (Å²) in [6, 6.07) is 0.528. The van der Waals surface area contributed by atoms with Gasteiger partial charge in [0.1, 0.15) is 0 Å². The minimum absolute atomic E-state index is 0.345. The van der Waals surface area contributed by atoms with Gasteiger partial charge in [0.25, 0.3) is 0 Å². The molecule has 72 valence electrons. The molecule has 1 aliphatic rings. The van der Waals surface area contributed by atoms with Crippen molar-refractivity contribution < 1.29 is 8.42 Å². The minimum Gasteiger partial charge on any atom is -0.299 e. The molecule has 0 bridgehead atoms. The Bertz CT molecular complexity index is 221. The highest BCUT2D eigenvalue weighted by Gasteiger charge is 2.23. The lowest BCUT2D eigenvalue weighted by atomic mass is 10.2. The molecule has 0 aliphatic carbocycles. The van der Waals surface area contributed by atoms with Crippen molar-refractivity contribution in [1.82, 2.24) is 4.90 Å². The summed E-state index contributed by atoms with van der Waals surface area (Å²) >= 11 is 0. The van der Waals surface area contributed by atoms with Crippen LogP contribution in [0.5, 0.6) is 0 Å². The maximum atomic E-state index is 11.1. The Hall–Kier alpha value is -0.0900. The van der Waals surface area contributed by atoms with Gasteiger partial charge in [-0.05, 0) is 13.3 Å². The van der Waals surface area contributed by atoms with Crippen molar-refractivity contribution in [3.8, 4) is 0 Å². The Kier molecular flexibility index (Phi) is 3.12. The molecular formula is C8H17NO2S. The average molecular weight is 191 g/mol. The van der Waals surface area contributed by atoms with Crippen LogP contribution in [0.2, 0.25) is 0 Å². The van der Waals surface area contributed by atoms with E-state index in [1.165, 1.54) is 0 Å². The zero-order valence-electron chi connectivity index (χ0n) is 7.78. The summed E-state index contributed by atoms with van der Waals surface area (Å²) in [5.41, 5.74) is 0. The highest BCUT2D eigenvalue weighted by molar-refractivity contribution is 7.91. The van der Waals surface area contributed by atoms with E-state index in [0.29, 0.717) is 17.5 Å². The molecule has 0 aromatic heterocycles. The van der Waals surface area contributed by atoms with Crippen LogP contribution in [-0.4, -0.2) is 44.0 Å². The molecule has 4 heteroatoms. The molecule has 0 radical (unpaired) electrons. The van der Waals surface area contributed by atoms with E-state index in [1.54, 1.807) is 0 Å². The van der Waals surface area contributed by atoms with Crippen molar-refractivity contribution in [2.45, 2.75) is 26.3 Å². The van der Waals surface area contributed by atoms with E-state index in [4.69, 9.17) is 0 Å². The van der Waals surface area contributed by atoms with Gasteiger partial charge in [0.15, 0.2) is 9.84 Å². The topological polar surface area (TPSA) is 37.4 Å². The summed E-state index contributed by atoms with van der Waals surface area (Å²) in [5, 5.41) is 0. The first kappa shape index (κ1) is 9.99. The average Bonchev–Trinajstić information content (AvgIpc) is 2.03. The predicted molar refractivity (Wildman–Crippen MR) is 50.0 cm³/mol. The molecule has 1 aliphatic heterocycles. The van der Waals surface area contributed by atoms with Gasteiger partial charge in [-0.1, -0.05) is 6.92 Å². The van der Waals surface area contributed by atoms with Crippen molar-refractivity contribution in [1.29, 1.82) is 0 Å². The quantitative estimate of drug-likeness (QED) is 0.638. The van der Waals surface area contributed by atoms with Crippen LogP contribution in [-0.2, 0) is 9.84 Å². The monoisotopic (exact) mass is 191 g/mol. The van der Waals surface area contributed by atoms with Crippen LogP contribution in [0.25, 0.3) is 0 Å². The molecule has 0 spiro atoms. The van der Waals surface area contributed by atoms with Crippen molar-refractivity contribution in [3.05, 3.63) is 0 Å². The summed E-state index contributed by atoms with van der Waals surface area (Å²) < 4.78 is 22.2. The normalized spacial score (nSPS) is 26.8. The lowest BCUT2D eigenvalue weighted by Crippen LogP contribution is -2.44. The summed E-state index contributed by atoms with van der Waals surface area (Å²) in [5.74, 6) is 0.689. The van der Waals surface area contributed by atoms with Crippen LogP contribution >= 0.6 is 0 Å². The third kappa shape index (κ3) is 2.45. The number of hydrogen-bond acceptors (Lipinski definition) is 3. The van der Waals surface area contributed by atoms with Gasteiger partial charge in [-0.15, -0.1) is 0 Å². The molecule has 1 atom stereocenters. The number of sulfone groups is 1. The van der Waals surface area contributed by atoms with Gasteiger partial charge in [0, 0.05) is 19.1 Å². The Morgan fingerprint density at radius 2 is 1.83 bits per heavy atom. The summed E-state index contributed by atoms with van der Waals surface area (Å²) in [6.07, 6.45) is 1.10. The predicted octanol–water partition coefficient (Wildman–Crippen LogP) is 0.515. The van der Waals surface area contributed by atoms with Gasteiger partial charge in [-0.3, -0.25) is 4.90 Å². The fourth-order valence-electron chi connectivity index (χ4n) is 1.43. The van der Waals surface area contributed by atoms with Crippen LogP contribution in [0.15, 0.2) is 0 Å². The van der Waals surface area contributed by atoms with Crippen molar-refractivity contribution in [2.24, 2.45) is 0 Å². The van der Waals surface area contributed by atoms with Gasteiger partial charge in [-0.2, -0.15) is 0 Å². The molecule has 3 nitrogen and oxygen atoms in total. The van der Waals surface area contributed by atoms with E-state index >= 15 is 0 Å². The number of hydrogen-bond donors (Lipinski definition) is 0. The van der Waals surface area contributed by atoms with Gasteiger partial charge in [-0.25, -0.2) is 8.42 Å². The van der Waals surface area contributed by atoms with Gasteiger partial charge in [0.05, 0.1) is 11.5 Å². The molecule has 12 heavy (non-hydrogen) atoms. The standard InChI is InChI=1S/C8H17NO2S/c1-3-8(2)9-4-6-12(10,11)7-5-9/h8H,3-7H2,1-2H3. The first-order valence-electron chi connectivity index (χ1n) is 4.49. The smallest absolute Gasteiger partial charge is 0.152 e. The Morgan fingerprint density at radius 1 is 1.33 bits per heavy atom. The van der Waals surface area contributed by atoms with Crippen LogP contribution in [0.1, 0.15) is 20.3 Å². The summed E-state index contributed by atoms with van der Waals surface area (Å²) in [6.45, 7) is 5.72. The van der Waals surface area contributed by atoms with E-state index < -0.39 is 9.84 Å². The molecule has 1 unspecified atom stereocenters. The highest BCUT2D eigenvalue weighted by atomic mass is 32.2. The Labute approximate surface area is 74.7 Å². The van der Waals surface area contributed by atoms with Crippen molar-refractivity contribution in [2.75, 3.05) is 24.6 Å². The summed E-state index contributed by atoms with van der Waals surface area (Å²) in [7, 11) is -2.70. The number of rotatable bonds is 2. The van der Waals surface area contributed by atoms with Crippen molar-refractivity contribution >= 4 is 9.84 Å². The lowest BCUT2D eigenvalue weighted by molar-refractivity contribution is 0.221. The molecule has 0 saturated carbocycles. The molecule has 1 fully saturated rings. The van der Waals surface area contributed by atoms with E-state index in [0.717, 1.165) is 19.5 Å². The Morgan fingerprint density at radius 3 is 2.25 bits per heavy atom. The van der Waals surface area contributed by atoms with E-state index in [9.17, 15) is 8.42 Å². The third-order valence-corrected chi connectivity index (χ3v) is 4.20. The van der Waals surface area contributed by atoms with Gasteiger partial charge < -0.3 is 0 Å². The molecule has 0 N–H and O–H groups in total. The number of nitrogens with zero attached hydrogens (tertiary/aromatic N) is 1. The van der Waals surface area contributed by atoms with Gasteiger partial charge >= 0.3 is 0 Å². The molecule has 1 rings (SSSR count). The van der Waals surface area contributed by atoms with Crippen LogP contribution in [0, 0.1) is 0 Å². The zero-order valence-corrected chi connectivity index (χ0v) is 8.60. The van der Waals surface area contributed by atoms with E-state index in [-0.39, 0.29) is 0 Å². The molecule has 0 amide bonds. The van der Waals surface area contributed by atoms with Crippen LogP contribution < -0.4 is 0 Å². The lowest BCUT2D eigenvalue weighted by Gasteiger charge is -2.31. The largest absolute Gasteiger partial charge is 0.299 e. The third-order valence-electron chi connectivity index (χ3n) is 2.59. The fraction of sp³-hybridized carbons (Fsp3) is 1.00. The fourth-order valence-corrected chi connectivity index (χ4v) is 2.65. The first-order valence-corrected chi connectivity index (χ1v) is 6.32. The highest BCUT2D eigenvalue weighted by Crippen LogP contribution is 2.09. The molecule has 0 aromatic carbocycles. The molecule has 0 aromatic rings. The maximum absolute atomic E-state index is 11.1. The molecular weight excluding hydrogens is 174 g/mol. The SMILES string of the molecule is CCC(C)N1CCS(=O)(=O)CC1. The van der Waals surface area contributed by atoms with Crippen LogP contribution in [0.3, 0.4) is 0 Å². The second-order valence-corrected chi connectivity index (χ2v) is 5.75.